The Hall–Kier alpha value is -3.07. The maximum Gasteiger partial charge on any atom is 0.408 e. The van der Waals surface area contributed by atoms with Gasteiger partial charge in [0.1, 0.15) is 30.0 Å². The fourth-order valence-corrected chi connectivity index (χ4v) is 3.81. The second kappa shape index (κ2) is 12.6. The largest absolute Gasteiger partial charge is 0.488 e. The monoisotopic (exact) mass is 548 g/mol. The number of alkyl carbamates (subject to hydrolysis) is 1. The van der Waals surface area contributed by atoms with Crippen molar-refractivity contribution in [3.05, 3.63) is 64.1 Å². The molecule has 0 spiro atoms. The number of ether oxygens (including phenoxy) is 3. The van der Waals surface area contributed by atoms with Gasteiger partial charge in [0.05, 0.1) is 11.6 Å². The topological polar surface area (TPSA) is 94.2 Å². The van der Waals surface area contributed by atoms with Gasteiger partial charge >= 0.3 is 12.1 Å². The molecule has 35 heavy (non-hydrogen) atoms. The van der Waals surface area contributed by atoms with Crippen LogP contribution in [-0.2, 0) is 32.1 Å². The van der Waals surface area contributed by atoms with E-state index in [1.165, 1.54) is 26.0 Å². The number of esters is 1. The second-order valence-electron chi connectivity index (χ2n) is 9.10. The van der Waals surface area contributed by atoms with E-state index in [9.17, 15) is 14.4 Å². The smallest absolute Gasteiger partial charge is 0.408 e. The number of methoxy groups -OCH3 is 1. The van der Waals surface area contributed by atoms with Crippen LogP contribution in [0.4, 0.5) is 4.79 Å². The molecule has 9 heteroatoms. The van der Waals surface area contributed by atoms with E-state index in [0.717, 1.165) is 15.6 Å². The Balaban J connectivity index is 2.08. The van der Waals surface area contributed by atoms with Crippen molar-refractivity contribution in [3.63, 3.8) is 0 Å². The highest BCUT2D eigenvalue weighted by Gasteiger charge is 2.32. The van der Waals surface area contributed by atoms with E-state index >= 15 is 0 Å². The molecule has 2 atom stereocenters. The normalized spacial score (nSPS) is 12.8. The number of benzene rings is 2. The summed E-state index contributed by atoms with van der Waals surface area (Å²) in [6.07, 6.45) is -0.498. The van der Waals surface area contributed by atoms with Crippen LogP contribution in [0.15, 0.2) is 53.0 Å². The second-order valence-corrected chi connectivity index (χ2v) is 9.95. The summed E-state index contributed by atoms with van der Waals surface area (Å²) in [4.78, 5) is 38.8. The Morgan fingerprint density at radius 2 is 1.71 bits per heavy atom. The highest BCUT2D eigenvalue weighted by Crippen LogP contribution is 2.28. The molecular formula is C26H33BrN2O6. The van der Waals surface area contributed by atoms with Gasteiger partial charge < -0.3 is 24.4 Å². The van der Waals surface area contributed by atoms with Gasteiger partial charge in [0.25, 0.3) is 0 Å². The van der Waals surface area contributed by atoms with Gasteiger partial charge in [0.15, 0.2) is 0 Å². The van der Waals surface area contributed by atoms with Gasteiger partial charge in [-0.25, -0.2) is 9.59 Å². The molecule has 2 aromatic carbocycles. The van der Waals surface area contributed by atoms with Crippen LogP contribution in [0.3, 0.4) is 0 Å². The molecular weight excluding hydrogens is 516 g/mol. The zero-order chi connectivity index (χ0) is 26.2. The van der Waals surface area contributed by atoms with Gasteiger partial charge in [-0.05, 0) is 66.9 Å². The van der Waals surface area contributed by atoms with Crippen molar-refractivity contribution in [1.82, 2.24) is 10.2 Å². The number of hydrogen-bond acceptors (Lipinski definition) is 6. The number of carbonyl (C=O) groups excluding carboxylic acids is 3. The Bertz CT molecular complexity index is 1020. The molecule has 0 radical (unpaired) electrons. The van der Waals surface area contributed by atoms with Crippen molar-refractivity contribution in [2.45, 2.75) is 58.4 Å². The maximum absolute atomic E-state index is 13.0. The summed E-state index contributed by atoms with van der Waals surface area (Å²) in [5.74, 6) is -0.356. The number of rotatable bonds is 9. The van der Waals surface area contributed by atoms with E-state index in [0.29, 0.717) is 12.4 Å². The van der Waals surface area contributed by atoms with E-state index in [1.54, 1.807) is 20.8 Å². The molecule has 0 saturated heterocycles. The molecule has 0 fully saturated rings. The molecule has 0 heterocycles. The molecule has 2 amide bonds. The number of carbonyl (C=O) groups is 3. The van der Waals surface area contributed by atoms with Crippen LogP contribution < -0.4 is 10.1 Å². The summed E-state index contributed by atoms with van der Waals surface area (Å²) < 4.78 is 16.8. The highest BCUT2D eigenvalue weighted by molar-refractivity contribution is 9.10. The Kier molecular flexibility index (Phi) is 10.1. The fourth-order valence-electron chi connectivity index (χ4n) is 3.27. The minimum atomic E-state index is -0.900. The van der Waals surface area contributed by atoms with E-state index in [1.807, 2.05) is 48.5 Å². The van der Waals surface area contributed by atoms with Crippen molar-refractivity contribution < 1.29 is 28.6 Å². The van der Waals surface area contributed by atoms with E-state index in [-0.39, 0.29) is 6.42 Å². The van der Waals surface area contributed by atoms with Gasteiger partial charge in [-0.15, -0.1) is 0 Å². The zero-order valence-electron chi connectivity index (χ0n) is 21.0. The Morgan fingerprint density at radius 3 is 2.29 bits per heavy atom. The summed E-state index contributed by atoms with van der Waals surface area (Å²) in [5.41, 5.74) is 1.15. The third kappa shape index (κ3) is 8.90. The number of likely N-dealkylation sites (N-methyl/N-ethyl adjacent to an activating group) is 1. The van der Waals surface area contributed by atoms with Crippen LogP contribution in [0, 0.1) is 0 Å². The van der Waals surface area contributed by atoms with Gasteiger partial charge in [0, 0.05) is 13.5 Å². The van der Waals surface area contributed by atoms with E-state index in [4.69, 9.17) is 14.2 Å². The van der Waals surface area contributed by atoms with E-state index in [2.05, 4.69) is 21.2 Å². The van der Waals surface area contributed by atoms with Gasteiger partial charge in [-0.2, -0.15) is 0 Å². The molecule has 2 rings (SSSR count). The molecule has 0 bridgehead atoms. The molecule has 0 saturated carbocycles. The lowest BCUT2D eigenvalue weighted by atomic mass is 10.0. The van der Waals surface area contributed by atoms with Gasteiger partial charge in [0.2, 0.25) is 5.91 Å². The van der Waals surface area contributed by atoms with Crippen molar-refractivity contribution in [2.24, 2.45) is 0 Å². The van der Waals surface area contributed by atoms with Crippen molar-refractivity contribution in [3.8, 4) is 5.75 Å². The van der Waals surface area contributed by atoms with Crippen LogP contribution >= 0.6 is 15.9 Å². The standard InChI is InChI=1S/C26H33BrN2O6/c1-17(28-25(32)35-26(2,3)4)23(30)29(5)21(24(31)33-6)15-19-12-13-22(20(27)14-19)34-16-18-10-8-7-9-11-18/h7-14,17,21H,15-16H2,1-6H3,(H,28,32)/t17-,21+/m0/s1. The van der Waals surface area contributed by atoms with Crippen LogP contribution in [0.1, 0.15) is 38.8 Å². The first kappa shape index (κ1) is 28.2. The predicted molar refractivity (Wildman–Crippen MR) is 136 cm³/mol. The van der Waals surface area contributed by atoms with Gasteiger partial charge in [-0.3, -0.25) is 4.79 Å². The Labute approximate surface area is 215 Å². The molecule has 8 nitrogen and oxygen atoms in total. The van der Waals surface area contributed by atoms with Gasteiger partial charge in [-0.1, -0.05) is 36.4 Å². The van der Waals surface area contributed by atoms with Crippen molar-refractivity contribution in [1.29, 1.82) is 0 Å². The van der Waals surface area contributed by atoms with Crippen molar-refractivity contribution >= 4 is 33.9 Å². The summed E-state index contributed by atoms with van der Waals surface area (Å²) in [6, 6.07) is 13.5. The third-order valence-corrected chi connectivity index (χ3v) is 5.67. The minimum absolute atomic E-state index is 0.214. The third-order valence-electron chi connectivity index (χ3n) is 5.05. The molecule has 0 aliphatic carbocycles. The molecule has 0 aromatic heterocycles. The molecule has 0 aliphatic heterocycles. The summed E-state index contributed by atoms with van der Waals surface area (Å²) in [6.45, 7) is 7.15. The minimum Gasteiger partial charge on any atom is -0.488 e. The Morgan fingerprint density at radius 1 is 1.06 bits per heavy atom. The number of nitrogens with zero attached hydrogens (tertiary/aromatic N) is 1. The SMILES string of the molecule is COC(=O)[C@@H](Cc1ccc(OCc2ccccc2)c(Br)c1)N(C)C(=O)[C@H](C)NC(=O)OC(C)(C)C. The van der Waals surface area contributed by atoms with Crippen LogP contribution in [0.2, 0.25) is 0 Å². The fraction of sp³-hybridized carbons (Fsp3) is 0.423. The number of amides is 2. The average Bonchev–Trinajstić information content (AvgIpc) is 2.79. The lowest BCUT2D eigenvalue weighted by molar-refractivity contribution is -0.152. The summed E-state index contributed by atoms with van der Waals surface area (Å²) in [5, 5.41) is 2.51. The lowest BCUT2D eigenvalue weighted by Crippen LogP contribution is -2.52. The van der Waals surface area contributed by atoms with E-state index < -0.39 is 35.7 Å². The number of hydrogen-bond donors (Lipinski definition) is 1. The molecule has 1 N–H and O–H groups in total. The summed E-state index contributed by atoms with van der Waals surface area (Å²) in [7, 11) is 2.77. The van der Waals surface area contributed by atoms with Crippen LogP contribution in [0.5, 0.6) is 5.75 Å². The number of halogens is 1. The molecule has 0 unspecified atom stereocenters. The first-order valence-corrected chi connectivity index (χ1v) is 12.0. The maximum atomic E-state index is 13.0. The molecule has 190 valence electrons. The highest BCUT2D eigenvalue weighted by atomic mass is 79.9. The molecule has 2 aromatic rings. The van der Waals surface area contributed by atoms with Crippen LogP contribution in [0.25, 0.3) is 0 Å². The average molecular weight is 549 g/mol. The van der Waals surface area contributed by atoms with Crippen molar-refractivity contribution in [2.75, 3.05) is 14.2 Å². The molecule has 0 aliphatic rings. The summed E-state index contributed by atoms with van der Waals surface area (Å²) >= 11 is 3.52. The van der Waals surface area contributed by atoms with Crippen LogP contribution in [-0.4, -0.2) is 54.7 Å². The first-order valence-electron chi connectivity index (χ1n) is 11.2. The predicted octanol–water partition coefficient (Wildman–Crippen LogP) is 4.48. The zero-order valence-corrected chi connectivity index (χ0v) is 22.5. The number of nitrogens with one attached hydrogen (secondary N) is 1. The lowest BCUT2D eigenvalue weighted by Gasteiger charge is -2.29. The first-order chi connectivity index (χ1) is 16.4. The quantitative estimate of drug-likeness (QED) is 0.464.